The van der Waals surface area contributed by atoms with E-state index in [4.69, 9.17) is 4.74 Å². The number of rotatable bonds is 6. The number of alkyl halides is 3. The summed E-state index contributed by atoms with van der Waals surface area (Å²) in [5.74, 6) is 0.498. The molecule has 124 valence electrons. The van der Waals surface area contributed by atoms with E-state index in [9.17, 15) is 18.0 Å². The molecule has 0 aliphatic heterocycles. The van der Waals surface area contributed by atoms with Crippen molar-refractivity contribution in [3.8, 4) is 5.75 Å². The van der Waals surface area contributed by atoms with Gasteiger partial charge in [0.25, 0.3) is 5.56 Å². The minimum Gasteiger partial charge on any atom is -0.494 e. The second kappa shape index (κ2) is 7.17. The van der Waals surface area contributed by atoms with Gasteiger partial charge in [0, 0.05) is 12.6 Å². The Kier molecular flexibility index (Phi) is 5.25. The molecule has 0 spiro atoms. The van der Waals surface area contributed by atoms with Gasteiger partial charge in [0.05, 0.1) is 6.61 Å². The Morgan fingerprint density at radius 2 is 1.96 bits per heavy atom. The zero-order valence-electron chi connectivity index (χ0n) is 12.4. The predicted molar refractivity (Wildman–Crippen MR) is 79.4 cm³/mol. The molecular weight excluding hydrogens is 311 g/mol. The maximum absolute atomic E-state index is 12.6. The third-order valence-corrected chi connectivity index (χ3v) is 2.89. The Bertz CT molecular complexity index is 696. The predicted octanol–water partition coefficient (Wildman–Crippen LogP) is 3.19. The van der Waals surface area contributed by atoms with Gasteiger partial charge in [-0.1, -0.05) is 19.1 Å². The normalized spacial score (nSPS) is 11.3. The molecule has 8 heteroatoms. The second-order valence-corrected chi connectivity index (χ2v) is 4.82. The van der Waals surface area contributed by atoms with Gasteiger partial charge in [-0.15, -0.1) is 0 Å². The zero-order valence-corrected chi connectivity index (χ0v) is 12.4. The van der Waals surface area contributed by atoms with Gasteiger partial charge in [0.2, 0.25) is 5.95 Å². The molecule has 1 heterocycles. The molecule has 0 fully saturated rings. The van der Waals surface area contributed by atoms with Crippen LogP contribution in [-0.4, -0.2) is 16.6 Å². The van der Waals surface area contributed by atoms with Gasteiger partial charge in [0.1, 0.15) is 5.75 Å². The molecule has 0 saturated heterocycles. The van der Waals surface area contributed by atoms with E-state index >= 15 is 0 Å². The third-order valence-electron chi connectivity index (χ3n) is 2.89. The van der Waals surface area contributed by atoms with Crippen LogP contribution in [-0.2, 0) is 12.7 Å². The summed E-state index contributed by atoms with van der Waals surface area (Å²) in [6.45, 7) is 2.84. The lowest BCUT2D eigenvalue weighted by Gasteiger charge is -2.10. The molecule has 0 amide bonds. The Hall–Kier alpha value is -2.51. The first-order valence-corrected chi connectivity index (χ1v) is 7.02. The molecular formula is C15H16F3N3O2. The van der Waals surface area contributed by atoms with Crippen molar-refractivity contribution in [1.82, 2.24) is 9.97 Å². The molecule has 0 atom stereocenters. The molecule has 0 aliphatic rings. The van der Waals surface area contributed by atoms with E-state index in [1.807, 2.05) is 6.92 Å². The number of aromatic nitrogens is 2. The van der Waals surface area contributed by atoms with Crippen LogP contribution < -0.4 is 15.6 Å². The molecule has 0 bridgehead atoms. The minimum absolute atomic E-state index is 0.221. The van der Waals surface area contributed by atoms with Crippen LogP contribution in [0.1, 0.15) is 24.6 Å². The van der Waals surface area contributed by atoms with E-state index in [1.165, 1.54) is 0 Å². The molecule has 2 rings (SSSR count). The van der Waals surface area contributed by atoms with Crippen LogP contribution >= 0.6 is 0 Å². The van der Waals surface area contributed by atoms with E-state index in [-0.39, 0.29) is 12.5 Å². The lowest BCUT2D eigenvalue weighted by atomic mass is 10.2. The fourth-order valence-electron chi connectivity index (χ4n) is 1.80. The Morgan fingerprint density at radius 3 is 2.57 bits per heavy atom. The van der Waals surface area contributed by atoms with E-state index in [1.54, 1.807) is 24.3 Å². The van der Waals surface area contributed by atoms with Crippen molar-refractivity contribution in [2.75, 3.05) is 11.9 Å². The first kappa shape index (κ1) is 16.9. The van der Waals surface area contributed by atoms with Crippen molar-refractivity contribution >= 4 is 5.95 Å². The summed E-state index contributed by atoms with van der Waals surface area (Å²) >= 11 is 0. The van der Waals surface area contributed by atoms with Gasteiger partial charge in [-0.25, -0.2) is 4.98 Å². The number of halogens is 3. The first-order valence-electron chi connectivity index (χ1n) is 7.02. The number of nitrogens with zero attached hydrogens (tertiary/aromatic N) is 1. The molecule has 1 aromatic heterocycles. The molecule has 2 aromatic rings. The number of hydrogen-bond acceptors (Lipinski definition) is 4. The lowest BCUT2D eigenvalue weighted by Crippen LogP contribution is -2.18. The average Bonchev–Trinajstić information content (AvgIpc) is 2.50. The summed E-state index contributed by atoms with van der Waals surface area (Å²) < 4.78 is 43.2. The van der Waals surface area contributed by atoms with Crippen molar-refractivity contribution in [2.45, 2.75) is 26.1 Å². The number of H-pyrrole nitrogens is 1. The van der Waals surface area contributed by atoms with Crippen molar-refractivity contribution < 1.29 is 17.9 Å². The highest BCUT2D eigenvalue weighted by Crippen LogP contribution is 2.26. The standard InChI is InChI=1S/C15H16F3N3O2/c1-2-7-23-11-5-3-10(4-6-11)9-19-14-20-12(15(16,17)18)8-13(22)21-14/h3-6,8H,2,7,9H2,1H3,(H2,19,20,21,22). The van der Waals surface area contributed by atoms with Crippen LogP contribution in [0.3, 0.4) is 0 Å². The monoisotopic (exact) mass is 327 g/mol. The lowest BCUT2D eigenvalue weighted by molar-refractivity contribution is -0.141. The van der Waals surface area contributed by atoms with Gasteiger partial charge < -0.3 is 10.1 Å². The van der Waals surface area contributed by atoms with Gasteiger partial charge in [-0.05, 0) is 24.1 Å². The molecule has 5 nitrogen and oxygen atoms in total. The Labute approximate surface area is 130 Å². The van der Waals surface area contributed by atoms with Crippen LogP contribution in [0.25, 0.3) is 0 Å². The van der Waals surface area contributed by atoms with E-state index in [0.717, 1.165) is 17.7 Å². The van der Waals surface area contributed by atoms with Crippen LogP contribution in [0, 0.1) is 0 Å². The highest BCUT2D eigenvalue weighted by Gasteiger charge is 2.33. The average molecular weight is 327 g/mol. The summed E-state index contributed by atoms with van der Waals surface area (Å²) in [6.07, 6.45) is -3.76. The number of anilines is 1. The van der Waals surface area contributed by atoms with Crippen LogP contribution in [0.4, 0.5) is 19.1 Å². The molecule has 23 heavy (non-hydrogen) atoms. The van der Waals surface area contributed by atoms with Crippen LogP contribution in [0.2, 0.25) is 0 Å². The number of ether oxygens (including phenoxy) is 1. The largest absolute Gasteiger partial charge is 0.494 e. The van der Waals surface area contributed by atoms with Gasteiger partial charge in [-0.3, -0.25) is 9.78 Å². The Morgan fingerprint density at radius 1 is 1.26 bits per heavy atom. The first-order chi connectivity index (χ1) is 10.9. The maximum atomic E-state index is 12.6. The quantitative estimate of drug-likeness (QED) is 0.855. The number of benzene rings is 1. The van der Waals surface area contributed by atoms with Crippen molar-refractivity contribution in [2.24, 2.45) is 0 Å². The van der Waals surface area contributed by atoms with Crippen LogP contribution in [0.5, 0.6) is 5.75 Å². The smallest absolute Gasteiger partial charge is 0.433 e. The fraction of sp³-hybridized carbons (Fsp3) is 0.333. The molecule has 0 saturated carbocycles. The number of nitrogens with one attached hydrogen (secondary N) is 2. The third kappa shape index (κ3) is 5.01. The van der Waals surface area contributed by atoms with Crippen molar-refractivity contribution in [3.63, 3.8) is 0 Å². The number of aromatic amines is 1. The zero-order chi connectivity index (χ0) is 16.9. The van der Waals surface area contributed by atoms with Gasteiger partial charge >= 0.3 is 6.18 Å². The minimum atomic E-state index is -4.66. The van der Waals surface area contributed by atoms with Crippen molar-refractivity contribution in [1.29, 1.82) is 0 Å². The summed E-state index contributed by atoms with van der Waals surface area (Å²) in [6, 6.07) is 7.53. The fourth-order valence-corrected chi connectivity index (χ4v) is 1.80. The van der Waals surface area contributed by atoms with E-state index in [2.05, 4.69) is 15.3 Å². The molecule has 0 aliphatic carbocycles. The molecule has 1 aromatic carbocycles. The van der Waals surface area contributed by atoms with E-state index < -0.39 is 17.4 Å². The summed E-state index contributed by atoms with van der Waals surface area (Å²) in [4.78, 5) is 16.9. The van der Waals surface area contributed by atoms with Crippen LogP contribution in [0.15, 0.2) is 35.1 Å². The second-order valence-electron chi connectivity index (χ2n) is 4.82. The molecule has 2 N–H and O–H groups in total. The SMILES string of the molecule is CCCOc1ccc(CNc2nc(C(F)(F)F)cc(=O)[nH]2)cc1. The summed E-state index contributed by atoms with van der Waals surface area (Å²) in [5, 5.41) is 2.67. The number of hydrogen-bond donors (Lipinski definition) is 2. The summed E-state index contributed by atoms with van der Waals surface area (Å²) in [5.41, 5.74) is -1.28. The highest BCUT2D eigenvalue weighted by atomic mass is 19.4. The maximum Gasteiger partial charge on any atom is 0.433 e. The van der Waals surface area contributed by atoms with E-state index in [0.29, 0.717) is 12.7 Å². The van der Waals surface area contributed by atoms with Gasteiger partial charge in [0.15, 0.2) is 5.69 Å². The van der Waals surface area contributed by atoms with Crippen molar-refractivity contribution in [3.05, 3.63) is 51.9 Å². The molecule has 0 unspecified atom stereocenters. The van der Waals surface area contributed by atoms with Gasteiger partial charge in [-0.2, -0.15) is 13.2 Å². The topological polar surface area (TPSA) is 67.0 Å². The summed E-state index contributed by atoms with van der Waals surface area (Å²) in [7, 11) is 0. The molecule has 0 radical (unpaired) electrons. The Balaban J connectivity index is 2.03. The highest BCUT2D eigenvalue weighted by molar-refractivity contribution is 5.32.